The molecular weight excluding hydrogens is 239 g/mol. The van der Waals surface area contributed by atoms with Gasteiger partial charge in [-0.25, -0.2) is 4.39 Å². The summed E-state index contributed by atoms with van der Waals surface area (Å²) in [6.07, 6.45) is 1.61. The molecule has 0 aliphatic rings. The number of aromatic nitrogens is 1. The van der Waals surface area contributed by atoms with E-state index in [1.54, 1.807) is 18.2 Å². The van der Waals surface area contributed by atoms with Gasteiger partial charge < -0.3 is 14.8 Å². The molecule has 0 bridgehead atoms. The molecule has 0 aliphatic heterocycles. The number of halogens is 1. The summed E-state index contributed by atoms with van der Waals surface area (Å²) >= 11 is 0. The number of para-hydroxylation sites is 1. The Labute approximate surface area is 102 Å². The molecule has 1 aromatic heterocycles. The lowest BCUT2D eigenvalue weighted by Crippen LogP contribution is -1.98. The highest BCUT2D eigenvalue weighted by molar-refractivity contribution is 5.67. The van der Waals surface area contributed by atoms with Crippen LogP contribution in [0, 0.1) is 5.82 Å². The molecule has 0 saturated carbocycles. The van der Waals surface area contributed by atoms with Crippen molar-refractivity contribution in [2.24, 2.45) is 0 Å². The van der Waals surface area contributed by atoms with Gasteiger partial charge in [0.05, 0.1) is 17.8 Å². The first-order chi connectivity index (χ1) is 8.65. The number of oxazole rings is 1. The minimum atomic E-state index is -0.901. The maximum Gasteiger partial charge on any atom is 0.303 e. The Hall–Kier alpha value is -2.37. The molecule has 0 saturated heterocycles. The number of nitrogens with one attached hydrogen (secondary N) is 1. The molecule has 5 nitrogen and oxygen atoms in total. The van der Waals surface area contributed by atoms with Crippen LogP contribution in [0.25, 0.3) is 0 Å². The van der Waals surface area contributed by atoms with Crippen molar-refractivity contribution in [3.8, 4) is 0 Å². The molecule has 0 atom stereocenters. The Morgan fingerprint density at radius 3 is 2.94 bits per heavy atom. The number of benzene rings is 1. The van der Waals surface area contributed by atoms with Crippen molar-refractivity contribution in [2.75, 3.05) is 5.32 Å². The van der Waals surface area contributed by atoms with E-state index in [2.05, 4.69) is 10.3 Å². The second-order valence-corrected chi connectivity index (χ2v) is 3.64. The number of carboxylic acids is 1. The predicted molar refractivity (Wildman–Crippen MR) is 62.1 cm³/mol. The standard InChI is InChI=1S/C12H11FN2O3/c13-9-3-1-2-4-10(9)15-12-14-8(7-18-12)5-6-11(16)17/h1-4,7H,5-6H2,(H,14,15)(H,16,17). The van der Waals surface area contributed by atoms with E-state index in [0.29, 0.717) is 5.69 Å². The average molecular weight is 250 g/mol. The van der Waals surface area contributed by atoms with Crippen molar-refractivity contribution in [1.29, 1.82) is 0 Å². The molecule has 6 heteroatoms. The number of rotatable bonds is 5. The zero-order valence-corrected chi connectivity index (χ0v) is 9.39. The summed E-state index contributed by atoms with van der Waals surface area (Å²) in [6.45, 7) is 0. The van der Waals surface area contributed by atoms with Gasteiger partial charge in [-0.05, 0) is 12.1 Å². The molecular formula is C12H11FN2O3. The molecule has 1 aromatic carbocycles. The molecule has 2 N–H and O–H groups in total. The van der Waals surface area contributed by atoms with Crippen LogP contribution in [0.4, 0.5) is 16.1 Å². The van der Waals surface area contributed by atoms with Crippen LogP contribution in [0.1, 0.15) is 12.1 Å². The van der Waals surface area contributed by atoms with Crippen LogP contribution >= 0.6 is 0 Å². The number of carbonyl (C=O) groups is 1. The van der Waals surface area contributed by atoms with E-state index in [4.69, 9.17) is 9.52 Å². The van der Waals surface area contributed by atoms with E-state index in [0.717, 1.165) is 0 Å². The first-order valence-corrected chi connectivity index (χ1v) is 5.33. The molecule has 0 radical (unpaired) electrons. The Balaban J connectivity index is 2.02. The largest absolute Gasteiger partial charge is 0.481 e. The second-order valence-electron chi connectivity index (χ2n) is 3.64. The van der Waals surface area contributed by atoms with E-state index in [1.165, 1.54) is 12.3 Å². The SMILES string of the molecule is O=C(O)CCc1coc(Nc2ccccc2F)n1. The van der Waals surface area contributed by atoms with Gasteiger partial charge in [-0.15, -0.1) is 0 Å². The maximum absolute atomic E-state index is 13.3. The number of aliphatic carboxylic acids is 1. The molecule has 0 aliphatic carbocycles. The van der Waals surface area contributed by atoms with Crippen LogP contribution in [-0.2, 0) is 11.2 Å². The lowest BCUT2D eigenvalue weighted by atomic mass is 10.2. The lowest BCUT2D eigenvalue weighted by molar-refractivity contribution is -0.136. The maximum atomic E-state index is 13.3. The summed E-state index contributed by atoms with van der Waals surface area (Å²) in [4.78, 5) is 14.4. The monoisotopic (exact) mass is 250 g/mol. The number of carboxylic acid groups (broad SMARTS) is 1. The van der Waals surface area contributed by atoms with Crippen LogP contribution < -0.4 is 5.32 Å². The molecule has 0 fully saturated rings. The van der Waals surface area contributed by atoms with Gasteiger partial charge in [0.15, 0.2) is 0 Å². The van der Waals surface area contributed by atoms with E-state index >= 15 is 0 Å². The van der Waals surface area contributed by atoms with Crippen LogP contribution in [-0.4, -0.2) is 16.1 Å². The van der Waals surface area contributed by atoms with Crippen molar-refractivity contribution in [2.45, 2.75) is 12.8 Å². The molecule has 0 spiro atoms. The van der Waals surface area contributed by atoms with E-state index in [1.807, 2.05) is 0 Å². The highest BCUT2D eigenvalue weighted by atomic mass is 19.1. The van der Waals surface area contributed by atoms with Gasteiger partial charge in [0.1, 0.15) is 12.1 Å². The number of aryl methyl sites for hydroxylation is 1. The molecule has 0 unspecified atom stereocenters. The van der Waals surface area contributed by atoms with Gasteiger partial charge in [-0.2, -0.15) is 4.98 Å². The van der Waals surface area contributed by atoms with Crippen molar-refractivity contribution >= 4 is 17.7 Å². The number of anilines is 2. The lowest BCUT2D eigenvalue weighted by Gasteiger charge is -2.01. The van der Waals surface area contributed by atoms with Crippen LogP contribution in [0.2, 0.25) is 0 Å². The fraction of sp³-hybridized carbons (Fsp3) is 0.167. The Kier molecular flexibility index (Phi) is 3.57. The van der Waals surface area contributed by atoms with E-state index in [-0.39, 0.29) is 24.5 Å². The molecule has 18 heavy (non-hydrogen) atoms. The van der Waals surface area contributed by atoms with Gasteiger partial charge in [0.2, 0.25) is 0 Å². The third kappa shape index (κ3) is 3.07. The summed E-state index contributed by atoms with van der Waals surface area (Å²) in [7, 11) is 0. The van der Waals surface area contributed by atoms with Crippen molar-refractivity contribution in [1.82, 2.24) is 4.98 Å². The summed E-state index contributed by atoms with van der Waals surface area (Å²) in [6, 6.07) is 6.27. The van der Waals surface area contributed by atoms with Crippen molar-refractivity contribution in [3.63, 3.8) is 0 Å². The van der Waals surface area contributed by atoms with Crippen LogP contribution in [0.15, 0.2) is 34.9 Å². The first kappa shape index (κ1) is 12.1. The summed E-state index contributed by atoms with van der Waals surface area (Å²) in [5.74, 6) is -1.32. The van der Waals surface area contributed by atoms with E-state index in [9.17, 15) is 9.18 Å². The number of nitrogens with zero attached hydrogens (tertiary/aromatic N) is 1. The highest BCUT2D eigenvalue weighted by Gasteiger charge is 2.08. The zero-order chi connectivity index (χ0) is 13.0. The first-order valence-electron chi connectivity index (χ1n) is 5.33. The second kappa shape index (κ2) is 5.31. The van der Waals surface area contributed by atoms with Gasteiger partial charge in [0.25, 0.3) is 6.01 Å². The molecule has 0 amide bonds. The fourth-order valence-electron chi connectivity index (χ4n) is 1.39. The normalized spacial score (nSPS) is 10.3. The van der Waals surface area contributed by atoms with Crippen molar-refractivity contribution < 1.29 is 18.7 Å². The quantitative estimate of drug-likeness (QED) is 0.853. The summed E-state index contributed by atoms with van der Waals surface area (Å²) < 4.78 is 18.4. The van der Waals surface area contributed by atoms with Gasteiger partial charge >= 0.3 is 5.97 Å². The summed E-state index contributed by atoms with van der Waals surface area (Å²) in [5, 5.41) is 11.2. The van der Waals surface area contributed by atoms with Crippen molar-refractivity contribution in [3.05, 3.63) is 42.0 Å². The highest BCUT2D eigenvalue weighted by Crippen LogP contribution is 2.19. The third-order valence-electron chi connectivity index (χ3n) is 2.26. The number of hydrogen-bond donors (Lipinski definition) is 2. The fourth-order valence-corrected chi connectivity index (χ4v) is 1.39. The molecule has 2 aromatic rings. The van der Waals surface area contributed by atoms with Gasteiger partial charge in [-0.1, -0.05) is 12.1 Å². The van der Waals surface area contributed by atoms with Crippen LogP contribution in [0.5, 0.6) is 0 Å². The van der Waals surface area contributed by atoms with E-state index < -0.39 is 11.8 Å². The minimum absolute atomic E-state index is 0.0222. The molecule has 2 rings (SSSR count). The predicted octanol–water partition coefficient (Wildman–Crippen LogP) is 2.57. The molecule has 94 valence electrons. The topological polar surface area (TPSA) is 75.4 Å². The minimum Gasteiger partial charge on any atom is -0.481 e. The molecule has 1 heterocycles. The summed E-state index contributed by atoms with van der Waals surface area (Å²) in [5.41, 5.74) is 0.764. The van der Waals surface area contributed by atoms with Gasteiger partial charge in [-0.3, -0.25) is 4.79 Å². The average Bonchev–Trinajstić information content (AvgIpc) is 2.77. The smallest absolute Gasteiger partial charge is 0.303 e. The number of hydrogen-bond acceptors (Lipinski definition) is 4. The Morgan fingerprint density at radius 1 is 1.44 bits per heavy atom. The third-order valence-corrected chi connectivity index (χ3v) is 2.26. The van der Waals surface area contributed by atoms with Gasteiger partial charge in [0, 0.05) is 6.42 Å². The van der Waals surface area contributed by atoms with Crippen LogP contribution in [0.3, 0.4) is 0 Å². The zero-order valence-electron chi connectivity index (χ0n) is 9.39. The Bertz CT molecular complexity index is 554. The Morgan fingerprint density at radius 2 is 2.22 bits per heavy atom.